The van der Waals surface area contributed by atoms with Crippen LogP contribution in [0.3, 0.4) is 0 Å². The third-order valence-electron chi connectivity index (χ3n) is 2.02. The number of allylic oxidation sites excluding steroid dienone is 1. The highest BCUT2D eigenvalue weighted by Gasteiger charge is 2.17. The number of rotatable bonds is 2. The normalized spacial score (nSPS) is 25.6. The number of hydrogen-bond acceptors (Lipinski definition) is 1. The fourth-order valence-electron chi connectivity index (χ4n) is 1.46. The number of aliphatic hydroxyl groups excluding tert-OH is 1. The maximum Gasteiger partial charge on any atom is 0.0614 e. The summed E-state index contributed by atoms with van der Waals surface area (Å²) in [5.74, 6) is 0. The van der Waals surface area contributed by atoms with Crippen molar-refractivity contribution >= 4 is 0 Å². The van der Waals surface area contributed by atoms with Gasteiger partial charge in [-0.2, -0.15) is 0 Å². The maximum atomic E-state index is 9.22. The highest BCUT2D eigenvalue weighted by molar-refractivity contribution is 5.21. The Hall–Kier alpha value is -0.560. The summed E-state index contributed by atoms with van der Waals surface area (Å²) in [6.07, 6.45) is 4.45. The van der Waals surface area contributed by atoms with Crippen molar-refractivity contribution in [3.05, 3.63) is 23.8 Å². The Balaban J connectivity index is 2.57. The van der Waals surface area contributed by atoms with Crippen LogP contribution < -0.4 is 0 Å². The molecule has 0 bridgehead atoms. The summed E-state index contributed by atoms with van der Waals surface area (Å²) >= 11 is 0. The topological polar surface area (TPSA) is 20.2 Å². The van der Waals surface area contributed by atoms with Crippen molar-refractivity contribution < 1.29 is 5.11 Å². The predicted molar refractivity (Wildman–Crippen MR) is 42.8 cm³/mol. The van der Waals surface area contributed by atoms with Gasteiger partial charge in [0, 0.05) is 0 Å². The molecule has 10 heavy (non-hydrogen) atoms. The Labute approximate surface area is 62.1 Å². The Morgan fingerprint density at radius 3 is 2.80 bits per heavy atom. The summed E-state index contributed by atoms with van der Waals surface area (Å²) in [6, 6.07) is 0. The zero-order valence-electron chi connectivity index (χ0n) is 6.43. The lowest BCUT2D eigenvalue weighted by Gasteiger charge is -1.98. The molecule has 0 saturated carbocycles. The molecule has 1 aliphatic rings. The minimum atomic E-state index is -0.116. The quantitative estimate of drug-likeness (QED) is 0.579. The summed E-state index contributed by atoms with van der Waals surface area (Å²) < 4.78 is 0. The van der Waals surface area contributed by atoms with Crippen molar-refractivity contribution in [1.29, 1.82) is 0 Å². The van der Waals surface area contributed by atoms with Crippen LogP contribution in [0.5, 0.6) is 0 Å². The van der Waals surface area contributed by atoms with Crippen molar-refractivity contribution in [2.24, 2.45) is 0 Å². The molecule has 0 heterocycles. The van der Waals surface area contributed by atoms with Gasteiger partial charge in [0.15, 0.2) is 0 Å². The second-order valence-corrected chi connectivity index (χ2v) is 2.94. The number of hydrogen-bond donors (Lipinski definition) is 1. The molecule has 0 spiro atoms. The molecule has 1 rings (SSSR count). The van der Waals surface area contributed by atoms with Gasteiger partial charge >= 0.3 is 0 Å². The standard InChI is InChI=1S/C9H14O/c1-3-4-8-6-9(10)5-7(8)2/h3,9-10H,1,4-6H2,2H3. The van der Waals surface area contributed by atoms with E-state index in [-0.39, 0.29) is 6.10 Å². The van der Waals surface area contributed by atoms with Crippen LogP contribution in [0.2, 0.25) is 0 Å². The molecule has 1 nitrogen and oxygen atoms in total. The van der Waals surface area contributed by atoms with E-state index in [0.29, 0.717) is 0 Å². The highest BCUT2D eigenvalue weighted by Crippen LogP contribution is 2.28. The molecular weight excluding hydrogens is 124 g/mol. The zero-order chi connectivity index (χ0) is 7.56. The predicted octanol–water partition coefficient (Wildman–Crippen LogP) is 2.03. The van der Waals surface area contributed by atoms with E-state index in [1.807, 2.05) is 6.08 Å². The summed E-state index contributed by atoms with van der Waals surface area (Å²) in [7, 11) is 0. The monoisotopic (exact) mass is 138 g/mol. The Kier molecular flexibility index (Phi) is 2.28. The summed E-state index contributed by atoms with van der Waals surface area (Å²) in [5, 5.41) is 9.22. The molecule has 0 aromatic heterocycles. The molecule has 0 amide bonds. The molecule has 0 saturated heterocycles. The van der Waals surface area contributed by atoms with Crippen LogP contribution in [0, 0.1) is 0 Å². The minimum Gasteiger partial charge on any atom is -0.392 e. The highest BCUT2D eigenvalue weighted by atomic mass is 16.3. The molecule has 0 radical (unpaired) electrons. The first-order chi connectivity index (χ1) is 4.74. The molecular formula is C9H14O. The van der Waals surface area contributed by atoms with Crippen molar-refractivity contribution in [1.82, 2.24) is 0 Å². The van der Waals surface area contributed by atoms with E-state index in [0.717, 1.165) is 19.3 Å². The SMILES string of the molecule is C=CCC1=C(C)CC(O)C1. The summed E-state index contributed by atoms with van der Waals surface area (Å²) in [5.41, 5.74) is 2.73. The van der Waals surface area contributed by atoms with E-state index < -0.39 is 0 Å². The Morgan fingerprint density at radius 1 is 1.70 bits per heavy atom. The molecule has 56 valence electrons. The van der Waals surface area contributed by atoms with Gasteiger partial charge in [-0.25, -0.2) is 0 Å². The van der Waals surface area contributed by atoms with Crippen molar-refractivity contribution in [3.8, 4) is 0 Å². The lowest BCUT2D eigenvalue weighted by atomic mass is 10.1. The third kappa shape index (κ3) is 1.48. The van der Waals surface area contributed by atoms with E-state index in [4.69, 9.17) is 0 Å². The van der Waals surface area contributed by atoms with Crippen molar-refractivity contribution in [2.75, 3.05) is 0 Å². The lowest BCUT2D eigenvalue weighted by molar-refractivity contribution is 0.186. The van der Waals surface area contributed by atoms with Crippen LogP contribution in [0.25, 0.3) is 0 Å². The molecule has 1 N–H and O–H groups in total. The van der Waals surface area contributed by atoms with Gasteiger partial charge in [0.1, 0.15) is 0 Å². The lowest BCUT2D eigenvalue weighted by Crippen LogP contribution is -1.98. The second-order valence-electron chi connectivity index (χ2n) is 2.94. The van der Waals surface area contributed by atoms with E-state index in [9.17, 15) is 5.11 Å². The van der Waals surface area contributed by atoms with Crippen molar-refractivity contribution in [3.63, 3.8) is 0 Å². The first-order valence-corrected chi connectivity index (χ1v) is 3.70. The van der Waals surface area contributed by atoms with Gasteiger partial charge in [-0.05, 0) is 26.2 Å². The molecule has 0 fully saturated rings. The van der Waals surface area contributed by atoms with Crippen LogP contribution >= 0.6 is 0 Å². The van der Waals surface area contributed by atoms with Crippen LogP contribution in [-0.2, 0) is 0 Å². The van der Waals surface area contributed by atoms with Crippen LogP contribution in [-0.4, -0.2) is 11.2 Å². The van der Waals surface area contributed by atoms with E-state index >= 15 is 0 Å². The summed E-state index contributed by atoms with van der Waals surface area (Å²) in [4.78, 5) is 0. The minimum absolute atomic E-state index is 0.116. The fourth-order valence-corrected chi connectivity index (χ4v) is 1.46. The molecule has 1 unspecified atom stereocenters. The van der Waals surface area contributed by atoms with Crippen LogP contribution in [0.1, 0.15) is 26.2 Å². The molecule has 0 aromatic carbocycles. The third-order valence-corrected chi connectivity index (χ3v) is 2.02. The van der Waals surface area contributed by atoms with Gasteiger partial charge < -0.3 is 5.11 Å². The average Bonchev–Trinajstić information content (AvgIpc) is 2.13. The molecule has 1 heteroatoms. The molecule has 1 aliphatic carbocycles. The molecule has 0 aliphatic heterocycles. The molecule has 0 aromatic rings. The van der Waals surface area contributed by atoms with Gasteiger partial charge in [0.2, 0.25) is 0 Å². The number of aliphatic hydroxyl groups is 1. The van der Waals surface area contributed by atoms with Gasteiger partial charge in [-0.1, -0.05) is 17.2 Å². The van der Waals surface area contributed by atoms with Crippen LogP contribution in [0.15, 0.2) is 23.8 Å². The van der Waals surface area contributed by atoms with Gasteiger partial charge in [0.05, 0.1) is 6.10 Å². The van der Waals surface area contributed by atoms with Gasteiger partial charge in [-0.15, -0.1) is 6.58 Å². The average molecular weight is 138 g/mol. The zero-order valence-corrected chi connectivity index (χ0v) is 6.43. The first kappa shape index (κ1) is 7.55. The Bertz CT molecular complexity index is 168. The first-order valence-electron chi connectivity index (χ1n) is 3.70. The van der Waals surface area contributed by atoms with Gasteiger partial charge in [-0.3, -0.25) is 0 Å². The molecule has 1 atom stereocenters. The van der Waals surface area contributed by atoms with E-state index in [2.05, 4.69) is 13.5 Å². The second kappa shape index (κ2) is 3.02. The smallest absolute Gasteiger partial charge is 0.0614 e. The van der Waals surface area contributed by atoms with Gasteiger partial charge in [0.25, 0.3) is 0 Å². The summed E-state index contributed by atoms with van der Waals surface area (Å²) in [6.45, 7) is 5.76. The van der Waals surface area contributed by atoms with E-state index in [1.165, 1.54) is 11.1 Å². The van der Waals surface area contributed by atoms with Crippen LogP contribution in [0.4, 0.5) is 0 Å². The fraction of sp³-hybridized carbons (Fsp3) is 0.556. The maximum absolute atomic E-state index is 9.22. The largest absolute Gasteiger partial charge is 0.392 e. The van der Waals surface area contributed by atoms with E-state index in [1.54, 1.807) is 0 Å². The Morgan fingerprint density at radius 2 is 2.40 bits per heavy atom. The van der Waals surface area contributed by atoms with Crippen molar-refractivity contribution in [2.45, 2.75) is 32.3 Å².